The maximum atomic E-state index is 11.9. The van der Waals surface area contributed by atoms with Crippen LogP contribution in [0.5, 0.6) is 5.88 Å². The Kier molecular flexibility index (Phi) is 3.28. The van der Waals surface area contributed by atoms with E-state index in [9.17, 15) is 8.42 Å². The quantitative estimate of drug-likeness (QED) is 0.882. The van der Waals surface area contributed by atoms with E-state index in [0.29, 0.717) is 0 Å². The molecule has 0 atom stereocenters. The zero-order valence-electron chi connectivity index (χ0n) is 8.22. The van der Waals surface area contributed by atoms with E-state index < -0.39 is 10.1 Å². The van der Waals surface area contributed by atoms with Crippen molar-refractivity contribution in [1.82, 2.24) is 9.97 Å². The number of halogens is 2. The third-order valence-electron chi connectivity index (χ3n) is 1.84. The molecule has 2 rings (SSSR count). The topological polar surface area (TPSA) is 72.1 Å². The zero-order valence-corrected chi connectivity index (χ0v) is 10.6. The number of nitrogens with one attached hydrogen (secondary N) is 1. The number of aromatic nitrogens is 2. The Bertz CT molecular complexity index is 605. The summed E-state index contributed by atoms with van der Waals surface area (Å²) in [6.07, 6.45) is 2.52. The summed E-state index contributed by atoms with van der Waals surface area (Å²) >= 11 is 11.6. The van der Waals surface area contributed by atoms with Crippen LogP contribution in [0.3, 0.4) is 0 Å². The minimum absolute atomic E-state index is 0.00276. The van der Waals surface area contributed by atoms with Gasteiger partial charge in [-0.15, -0.1) is 0 Å². The lowest BCUT2D eigenvalue weighted by atomic mass is 10.4. The molecule has 0 saturated heterocycles. The molecule has 1 N–H and O–H groups in total. The van der Waals surface area contributed by atoms with E-state index in [-0.39, 0.29) is 20.8 Å². The van der Waals surface area contributed by atoms with E-state index in [1.165, 1.54) is 24.7 Å². The van der Waals surface area contributed by atoms with Gasteiger partial charge in [-0.3, -0.25) is 0 Å². The Morgan fingerprint density at radius 2 is 1.88 bits per heavy atom. The summed E-state index contributed by atoms with van der Waals surface area (Å²) in [5, 5.41) is -0.00553. The predicted octanol–water partition coefficient (Wildman–Crippen LogP) is 2.48. The number of benzene rings is 1. The first kappa shape index (κ1) is 12.2. The van der Waals surface area contributed by atoms with Crippen LogP contribution in [0, 0.1) is 0 Å². The van der Waals surface area contributed by atoms with E-state index >= 15 is 0 Å². The second-order valence-electron chi connectivity index (χ2n) is 3.00. The van der Waals surface area contributed by atoms with Gasteiger partial charge in [0.2, 0.25) is 5.88 Å². The molecule has 0 saturated carbocycles. The first-order chi connectivity index (χ1) is 8.00. The van der Waals surface area contributed by atoms with E-state index in [1.54, 1.807) is 6.07 Å². The molecule has 0 radical (unpaired) electrons. The number of nitrogens with zero attached hydrogens (tertiary/aromatic N) is 1. The maximum Gasteiger partial charge on any atom is 0.343 e. The highest BCUT2D eigenvalue weighted by molar-refractivity contribution is 7.87. The summed E-state index contributed by atoms with van der Waals surface area (Å²) in [7, 11) is -4.08. The van der Waals surface area contributed by atoms with Gasteiger partial charge in [0.25, 0.3) is 0 Å². The summed E-state index contributed by atoms with van der Waals surface area (Å²) in [5.41, 5.74) is 0. The van der Waals surface area contributed by atoms with Gasteiger partial charge in [0.1, 0.15) is 4.90 Å². The Hall–Kier alpha value is -1.24. The molecule has 0 fully saturated rings. The van der Waals surface area contributed by atoms with Crippen molar-refractivity contribution in [2.24, 2.45) is 0 Å². The minimum Gasteiger partial charge on any atom is -0.358 e. The molecule has 2 aromatic rings. The van der Waals surface area contributed by atoms with Crippen LogP contribution in [0.1, 0.15) is 0 Å². The largest absolute Gasteiger partial charge is 0.358 e. The average Bonchev–Trinajstić information content (AvgIpc) is 2.68. The van der Waals surface area contributed by atoms with Gasteiger partial charge in [-0.05, 0) is 12.1 Å². The number of H-pyrrole nitrogens is 1. The first-order valence-corrected chi connectivity index (χ1v) is 6.54. The standard InChI is InChI=1S/C9H6Cl2N2O3S/c10-6-2-1-3-7(11)9(6)17(14,15)16-8-4-12-5-13-8/h1-5H,(H,12,13). The fourth-order valence-corrected chi connectivity index (χ4v) is 3.16. The monoisotopic (exact) mass is 292 g/mol. The van der Waals surface area contributed by atoms with Gasteiger partial charge >= 0.3 is 10.1 Å². The molecule has 0 bridgehead atoms. The van der Waals surface area contributed by atoms with Gasteiger partial charge in [-0.1, -0.05) is 29.3 Å². The number of aromatic amines is 1. The average molecular weight is 293 g/mol. The molecule has 5 nitrogen and oxygen atoms in total. The van der Waals surface area contributed by atoms with Crippen molar-refractivity contribution >= 4 is 33.3 Å². The normalized spacial score (nSPS) is 11.4. The van der Waals surface area contributed by atoms with Crippen LogP contribution < -0.4 is 4.18 Å². The molecule has 0 amide bonds. The fourth-order valence-electron chi connectivity index (χ4n) is 1.17. The third kappa shape index (κ3) is 2.54. The van der Waals surface area contributed by atoms with Gasteiger partial charge in [-0.25, -0.2) is 4.98 Å². The second-order valence-corrected chi connectivity index (χ2v) is 5.30. The highest BCUT2D eigenvalue weighted by Gasteiger charge is 2.24. The lowest BCUT2D eigenvalue weighted by Gasteiger charge is -2.07. The molecule has 0 aliphatic rings. The Balaban J connectivity index is 2.45. The number of hydrogen-bond donors (Lipinski definition) is 1. The van der Waals surface area contributed by atoms with E-state index in [0.717, 1.165) is 0 Å². The molecule has 0 aliphatic heterocycles. The maximum absolute atomic E-state index is 11.9. The van der Waals surface area contributed by atoms with Crippen LogP contribution in [-0.4, -0.2) is 18.4 Å². The highest BCUT2D eigenvalue weighted by atomic mass is 35.5. The smallest absolute Gasteiger partial charge is 0.343 e. The molecule has 1 aromatic carbocycles. The fraction of sp³-hybridized carbons (Fsp3) is 0. The van der Waals surface area contributed by atoms with Crippen molar-refractivity contribution in [3.05, 3.63) is 40.8 Å². The first-order valence-electron chi connectivity index (χ1n) is 4.37. The summed E-state index contributed by atoms with van der Waals surface area (Å²) < 4.78 is 28.6. The van der Waals surface area contributed by atoms with Crippen LogP contribution in [0.25, 0.3) is 0 Å². The number of imidazole rings is 1. The summed E-state index contributed by atoms with van der Waals surface area (Å²) in [5.74, 6) is -0.0130. The Morgan fingerprint density at radius 3 is 2.41 bits per heavy atom. The highest BCUT2D eigenvalue weighted by Crippen LogP contribution is 2.30. The van der Waals surface area contributed by atoms with Gasteiger partial charge < -0.3 is 9.17 Å². The molecule has 17 heavy (non-hydrogen) atoms. The van der Waals surface area contributed by atoms with Crippen LogP contribution in [0.4, 0.5) is 0 Å². The van der Waals surface area contributed by atoms with E-state index in [2.05, 4.69) is 9.97 Å². The number of hydrogen-bond acceptors (Lipinski definition) is 4. The van der Waals surface area contributed by atoms with E-state index in [4.69, 9.17) is 27.4 Å². The van der Waals surface area contributed by atoms with Crippen molar-refractivity contribution in [2.45, 2.75) is 4.90 Å². The summed E-state index contributed by atoms with van der Waals surface area (Å²) in [4.78, 5) is 5.87. The van der Waals surface area contributed by atoms with Crippen molar-refractivity contribution in [2.75, 3.05) is 0 Å². The molecule has 1 aromatic heterocycles. The Labute approximate surface area is 107 Å². The third-order valence-corrected chi connectivity index (χ3v) is 4.03. The molecule has 90 valence electrons. The lowest BCUT2D eigenvalue weighted by molar-refractivity contribution is 0.477. The molecule has 0 spiro atoms. The van der Waals surface area contributed by atoms with Crippen LogP contribution in [0.2, 0.25) is 10.0 Å². The minimum atomic E-state index is -4.08. The van der Waals surface area contributed by atoms with Gasteiger partial charge in [-0.2, -0.15) is 8.42 Å². The van der Waals surface area contributed by atoms with Gasteiger partial charge in [0.15, 0.2) is 0 Å². The lowest BCUT2D eigenvalue weighted by Crippen LogP contribution is -2.11. The SMILES string of the molecule is O=S(=O)(Oc1cnc[nH]1)c1c(Cl)cccc1Cl. The van der Waals surface area contributed by atoms with Crippen molar-refractivity contribution in [3.63, 3.8) is 0 Å². The second kappa shape index (κ2) is 4.56. The van der Waals surface area contributed by atoms with E-state index in [1.807, 2.05) is 0 Å². The summed E-state index contributed by atoms with van der Waals surface area (Å²) in [6.45, 7) is 0. The van der Waals surface area contributed by atoms with Crippen LogP contribution >= 0.6 is 23.2 Å². The van der Waals surface area contributed by atoms with Crippen LogP contribution in [0.15, 0.2) is 35.6 Å². The Morgan fingerprint density at radius 1 is 1.24 bits per heavy atom. The molecular formula is C9H6Cl2N2O3S. The van der Waals surface area contributed by atoms with Crippen molar-refractivity contribution < 1.29 is 12.6 Å². The molecule has 8 heteroatoms. The molecular weight excluding hydrogens is 287 g/mol. The van der Waals surface area contributed by atoms with Crippen molar-refractivity contribution in [1.29, 1.82) is 0 Å². The molecule has 1 heterocycles. The summed E-state index contributed by atoms with van der Waals surface area (Å²) in [6, 6.07) is 4.37. The number of rotatable bonds is 3. The van der Waals surface area contributed by atoms with Gasteiger partial charge in [0.05, 0.1) is 22.6 Å². The van der Waals surface area contributed by atoms with Gasteiger partial charge in [0, 0.05) is 0 Å². The predicted molar refractivity (Wildman–Crippen MR) is 62.9 cm³/mol. The van der Waals surface area contributed by atoms with Crippen LogP contribution in [-0.2, 0) is 10.1 Å². The van der Waals surface area contributed by atoms with Crippen molar-refractivity contribution in [3.8, 4) is 5.88 Å². The molecule has 0 aliphatic carbocycles. The zero-order chi connectivity index (χ0) is 12.5. The molecule has 0 unspecified atom stereocenters.